The van der Waals surface area contributed by atoms with Gasteiger partial charge in [0.15, 0.2) is 0 Å². The van der Waals surface area contributed by atoms with Crippen molar-refractivity contribution in [2.75, 3.05) is 13.2 Å². The molecule has 126 valence electrons. The molecule has 22 heavy (non-hydrogen) atoms. The number of rotatable bonds is 4. The van der Waals surface area contributed by atoms with E-state index in [0.717, 1.165) is 12.8 Å². The van der Waals surface area contributed by atoms with Crippen molar-refractivity contribution in [3.8, 4) is 0 Å². The maximum Gasteiger partial charge on any atom is 0.312 e. The first-order valence-corrected chi connectivity index (χ1v) is 8.28. The van der Waals surface area contributed by atoms with Gasteiger partial charge in [-0.05, 0) is 43.9 Å². The lowest BCUT2D eigenvalue weighted by Gasteiger charge is -2.34. The third-order valence-electron chi connectivity index (χ3n) is 5.85. The van der Waals surface area contributed by atoms with Gasteiger partial charge in [0.1, 0.15) is 0 Å². The van der Waals surface area contributed by atoms with Crippen LogP contribution >= 0.6 is 0 Å². The fourth-order valence-corrected chi connectivity index (χ4v) is 4.86. The minimum absolute atomic E-state index is 0.0365. The van der Waals surface area contributed by atoms with Crippen LogP contribution in [0.2, 0.25) is 0 Å². The van der Waals surface area contributed by atoms with Crippen molar-refractivity contribution in [3.63, 3.8) is 0 Å². The molecule has 0 aromatic rings. The molecule has 0 heterocycles. The van der Waals surface area contributed by atoms with Gasteiger partial charge in [0.25, 0.3) is 0 Å². The fraction of sp³-hybridized carbons (Fsp3) is 0.882. The molecule has 2 saturated carbocycles. The van der Waals surface area contributed by atoms with E-state index in [4.69, 9.17) is 9.47 Å². The molecule has 0 aliphatic heterocycles. The zero-order valence-corrected chi connectivity index (χ0v) is 14.2. The summed E-state index contributed by atoms with van der Waals surface area (Å²) in [7, 11) is 0. The molecule has 5 nitrogen and oxygen atoms in total. The first-order chi connectivity index (χ1) is 10.2. The van der Waals surface area contributed by atoms with Crippen LogP contribution in [0, 0.1) is 29.1 Å². The highest BCUT2D eigenvalue weighted by atomic mass is 16.5. The minimum Gasteiger partial charge on any atom is -0.466 e. The minimum atomic E-state index is -1.19. The van der Waals surface area contributed by atoms with Gasteiger partial charge in [0.2, 0.25) is 0 Å². The van der Waals surface area contributed by atoms with Crippen LogP contribution in [-0.4, -0.2) is 35.9 Å². The second-order valence-electron chi connectivity index (χ2n) is 7.20. The Labute approximate surface area is 132 Å². The quantitative estimate of drug-likeness (QED) is 0.805. The number of aliphatic hydroxyl groups is 1. The molecule has 2 aliphatic carbocycles. The molecule has 0 unspecified atom stereocenters. The average Bonchev–Trinajstić information content (AvgIpc) is 2.82. The zero-order chi connectivity index (χ0) is 16.7. The zero-order valence-electron chi connectivity index (χ0n) is 14.2. The molecule has 0 aromatic heterocycles. The first-order valence-electron chi connectivity index (χ1n) is 8.28. The molecule has 5 atom stereocenters. The molecule has 0 radical (unpaired) electrons. The molecule has 0 bridgehead atoms. The Hall–Kier alpha value is -1.10. The summed E-state index contributed by atoms with van der Waals surface area (Å²) in [6.07, 6.45) is 1.67. The van der Waals surface area contributed by atoms with Gasteiger partial charge in [-0.15, -0.1) is 0 Å². The van der Waals surface area contributed by atoms with E-state index in [9.17, 15) is 14.7 Å². The second kappa shape index (κ2) is 5.84. The Balaban J connectivity index is 2.49. The van der Waals surface area contributed by atoms with Gasteiger partial charge in [-0.1, -0.05) is 20.8 Å². The summed E-state index contributed by atoms with van der Waals surface area (Å²) < 4.78 is 10.4. The average molecular weight is 312 g/mol. The van der Waals surface area contributed by atoms with Crippen LogP contribution in [0.25, 0.3) is 0 Å². The van der Waals surface area contributed by atoms with Gasteiger partial charge in [-0.2, -0.15) is 0 Å². The lowest BCUT2D eigenvalue weighted by atomic mass is 9.73. The Kier molecular flexibility index (Phi) is 4.58. The lowest BCUT2D eigenvalue weighted by molar-refractivity contribution is -0.170. The topological polar surface area (TPSA) is 72.8 Å². The van der Waals surface area contributed by atoms with E-state index < -0.39 is 34.8 Å². The van der Waals surface area contributed by atoms with Crippen molar-refractivity contribution in [2.45, 2.75) is 53.1 Å². The van der Waals surface area contributed by atoms with Crippen molar-refractivity contribution in [1.82, 2.24) is 0 Å². The van der Waals surface area contributed by atoms with Crippen molar-refractivity contribution in [3.05, 3.63) is 0 Å². The molecular weight excluding hydrogens is 284 g/mol. The van der Waals surface area contributed by atoms with E-state index in [1.54, 1.807) is 13.8 Å². The smallest absolute Gasteiger partial charge is 0.312 e. The molecule has 5 heteroatoms. The highest BCUT2D eigenvalue weighted by Gasteiger charge is 2.72. The fourth-order valence-electron chi connectivity index (χ4n) is 4.86. The van der Waals surface area contributed by atoms with Gasteiger partial charge in [-0.25, -0.2) is 0 Å². The predicted octanol–water partition coefficient (Wildman–Crippen LogP) is 2.16. The number of carbonyl (C=O) groups is 2. The van der Waals surface area contributed by atoms with Crippen LogP contribution < -0.4 is 0 Å². The Morgan fingerprint density at radius 1 is 1.05 bits per heavy atom. The normalized spacial score (nSPS) is 39.4. The molecule has 2 rings (SSSR count). The van der Waals surface area contributed by atoms with Gasteiger partial charge < -0.3 is 14.6 Å². The van der Waals surface area contributed by atoms with E-state index in [1.165, 1.54) is 0 Å². The molecule has 0 amide bonds. The van der Waals surface area contributed by atoms with Gasteiger partial charge in [0.05, 0.1) is 30.7 Å². The summed E-state index contributed by atoms with van der Waals surface area (Å²) >= 11 is 0. The standard InChI is InChI=1S/C17H28O5/c1-6-21-14(18)12-13(15(19)22-7-2)17(20)10(3)8-9-11(17)16(12,4)5/h10-13,20H,6-9H2,1-5H3/t10-,11-,12+,13+,17+/m0/s1. The molecule has 0 spiro atoms. The molecule has 0 saturated heterocycles. The number of esters is 2. The molecule has 1 N–H and O–H groups in total. The van der Waals surface area contributed by atoms with Gasteiger partial charge >= 0.3 is 11.9 Å². The Bertz CT molecular complexity index is 458. The van der Waals surface area contributed by atoms with Gasteiger partial charge in [-0.3, -0.25) is 9.59 Å². The number of hydrogen-bond acceptors (Lipinski definition) is 5. The van der Waals surface area contributed by atoms with Crippen molar-refractivity contribution < 1.29 is 24.2 Å². The molecular formula is C17H28O5. The number of carbonyl (C=O) groups excluding carboxylic acids is 2. The van der Waals surface area contributed by atoms with Crippen LogP contribution in [0.1, 0.15) is 47.5 Å². The number of ether oxygens (including phenoxy) is 2. The van der Waals surface area contributed by atoms with Crippen molar-refractivity contribution >= 4 is 11.9 Å². The third kappa shape index (κ3) is 2.25. The lowest BCUT2D eigenvalue weighted by Crippen LogP contribution is -2.48. The van der Waals surface area contributed by atoms with E-state index >= 15 is 0 Å². The van der Waals surface area contributed by atoms with E-state index in [0.29, 0.717) is 0 Å². The van der Waals surface area contributed by atoms with E-state index in [-0.39, 0.29) is 25.0 Å². The molecule has 2 aliphatic rings. The highest BCUT2D eigenvalue weighted by molar-refractivity contribution is 5.85. The maximum atomic E-state index is 12.6. The predicted molar refractivity (Wildman–Crippen MR) is 80.9 cm³/mol. The highest BCUT2D eigenvalue weighted by Crippen LogP contribution is 2.64. The maximum absolute atomic E-state index is 12.6. The van der Waals surface area contributed by atoms with Crippen molar-refractivity contribution in [2.24, 2.45) is 29.1 Å². The molecule has 0 aromatic carbocycles. The van der Waals surface area contributed by atoms with E-state index in [1.807, 2.05) is 20.8 Å². The Morgan fingerprint density at radius 2 is 1.55 bits per heavy atom. The summed E-state index contributed by atoms with van der Waals surface area (Å²) in [5.74, 6) is -2.52. The summed E-state index contributed by atoms with van der Waals surface area (Å²) in [4.78, 5) is 25.1. The van der Waals surface area contributed by atoms with Crippen LogP contribution in [0.4, 0.5) is 0 Å². The summed E-state index contributed by atoms with van der Waals surface area (Å²) in [6, 6.07) is 0. The van der Waals surface area contributed by atoms with Crippen LogP contribution in [0.15, 0.2) is 0 Å². The largest absolute Gasteiger partial charge is 0.466 e. The number of fused-ring (bicyclic) bond motifs is 1. The van der Waals surface area contributed by atoms with Crippen LogP contribution in [0.3, 0.4) is 0 Å². The summed E-state index contributed by atoms with van der Waals surface area (Å²) in [6.45, 7) is 9.85. The van der Waals surface area contributed by atoms with Gasteiger partial charge in [0, 0.05) is 0 Å². The monoisotopic (exact) mass is 312 g/mol. The molecule has 2 fully saturated rings. The second-order valence-corrected chi connectivity index (χ2v) is 7.20. The first kappa shape index (κ1) is 17.3. The third-order valence-corrected chi connectivity index (χ3v) is 5.85. The van der Waals surface area contributed by atoms with Crippen LogP contribution in [-0.2, 0) is 19.1 Å². The summed E-state index contributed by atoms with van der Waals surface area (Å²) in [5, 5.41) is 11.4. The van der Waals surface area contributed by atoms with Crippen LogP contribution in [0.5, 0.6) is 0 Å². The SMILES string of the molecule is CCOC(=O)[C@H]1[C@H](C(=O)OCC)[C@@]2(O)[C@@H](C)CC[C@H]2C1(C)C. The van der Waals surface area contributed by atoms with E-state index in [2.05, 4.69) is 0 Å². The summed E-state index contributed by atoms with van der Waals surface area (Å²) in [5.41, 5.74) is -1.68. The number of hydrogen-bond donors (Lipinski definition) is 1. The Morgan fingerprint density at radius 3 is 2.05 bits per heavy atom. The van der Waals surface area contributed by atoms with Crippen molar-refractivity contribution in [1.29, 1.82) is 0 Å².